The topological polar surface area (TPSA) is 66.0 Å². The van der Waals surface area contributed by atoms with Gasteiger partial charge in [0.15, 0.2) is 0 Å². The minimum Gasteiger partial charge on any atom is -0.410 e. The van der Waals surface area contributed by atoms with Gasteiger partial charge in [0.2, 0.25) is 5.91 Å². The lowest BCUT2D eigenvalue weighted by Gasteiger charge is -2.34. The Morgan fingerprint density at radius 1 is 0.949 bits per heavy atom. The summed E-state index contributed by atoms with van der Waals surface area (Å²) in [4.78, 5) is 36.7. The number of amides is 2. The molecule has 0 spiro atoms. The van der Waals surface area contributed by atoms with Crippen LogP contribution < -0.4 is 9.64 Å². The third-order valence-electron chi connectivity index (χ3n) is 7.58. The number of aromatic nitrogens is 1. The average molecular weight is 571 g/mol. The van der Waals surface area contributed by atoms with Gasteiger partial charge in [-0.15, -0.1) is 0 Å². The number of hydrogen-bond donors (Lipinski definition) is 0. The molecule has 3 heterocycles. The van der Waals surface area contributed by atoms with Crippen LogP contribution in [0.15, 0.2) is 66.9 Å². The van der Waals surface area contributed by atoms with Crippen LogP contribution in [0.2, 0.25) is 10.0 Å². The third-order valence-corrected chi connectivity index (χ3v) is 8.06. The summed E-state index contributed by atoms with van der Waals surface area (Å²) in [5.74, 6) is 0.580. The van der Waals surface area contributed by atoms with E-state index in [9.17, 15) is 14.0 Å². The Balaban J connectivity index is 1.28. The van der Waals surface area contributed by atoms with Gasteiger partial charge in [-0.05, 0) is 66.9 Å². The molecular weight excluding hydrogens is 542 g/mol. The molecule has 2 aromatic carbocycles. The van der Waals surface area contributed by atoms with E-state index in [1.54, 1.807) is 13.2 Å². The number of pyridine rings is 1. The number of likely N-dealkylation sites (tertiary alicyclic amines) is 1. The first kappa shape index (κ1) is 27.2. The average Bonchev–Trinajstić information content (AvgIpc) is 3.40. The van der Waals surface area contributed by atoms with E-state index in [0.29, 0.717) is 23.1 Å². The van der Waals surface area contributed by atoms with Crippen LogP contribution in [0.25, 0.3) is 0 Å². The molecule has 5 rings (SSSR count). The highest BCUT2D eigenvalue weighted by Gasteiger charge is 2.42. The molecule has 10 heteroatoms. The van der Waals surface area contributed by atoms with Crippen LogP contribution in [0.4, 0.5) is 15.0 Å². The first-order chi connectivity index (χ1) is 18.8. The summed E-state index contributed by atoms with van der Waals surface area (Å²) in [6.07, 6.45) is 2.51. The SMILES string of the molecule is CN(C(=O)Oc1ccc(F)cc1)[C@@H]1CN(C(=O)C2CCN(c3ccc(Cl)cn3)CC2)C[C@H]1c1ccc(Cl)cc1. The van der Waals surface area contributed by atoms with Gasteiger partial charge in [0, 0.05) is 56.3 Å². The highest BCUT2D eigenvalue weighted by atomic mass is 35.5. The number of benzene rings is 2. The van der Waals surface area contributed by atoms with Crippen molar-refractivity contribution in [2.45, 2.75) is 24.8 Å². The maximum absolute atomic E-state index is 13.7. The zero-order valence-corrected chi connectivity index (χ0v) is 23.0. The van der Waals surface area contributed by atoms with E-state index in [0.717, 1.165) is 37.3 Å². The number of carbonyl (C=O) groups is 2. The maximum Gasteiger partial charge on any atom is 0.415 e. The molecule has 2 aliphatic rings. The largest absolute Gasteiger partial charge is 0.415 e. The molecule has 39 heavy (non-hydrogen) atoms. The number of ether oxygens (including phenoxy) is 1. The van der Waals surface area contributed by atoms with E-state index in [2.05, 4.69) is 9.88 Å². The first-order valence-corrected chi connectivity index (χ1v) is 13.6. The van der Waals surface area contributed by atoms with Crippen LogP contribution >= 0.6 is 23.2 Å². The van der Waals surface area contributed by atoms with Crippen molar-refractivity contribution in [2.24, 2.45) is 5.92 Å². The van der Waals surface area contributed by atoms with Crippen LogP contribution in [-0.4, -0.2) is 66.1 Å². The normalized spacial score (nSPS) is 19.7. The zero-order valence-electron chi connectivity index (χ0n) is 21.5. The Morgan fingerprint density at radius 3 is 2.26 bits per heavy atom. The summed E-state index contributed by atoms with van der Waals surface area (Å²) in [5.41, 5.74) is 0.991. The molecule has 0 aliphatic carbocycles. The quantitative estimate of drug-likeness (QED) is 0.384. The maximum atomic E-state index is 13.7. The van der Waals surface area contributed by atoms with Gasteiger partial charge in [-0.25, -0.2) is 14.2 Å². The number of hydrogen-bond acceptors (Lipinski definition) is 5. The number of rotatable bonds is 5. The van der Waals surface area contributed by atoms with Gasteiger partial charge in [0.05, 0.1) is 11.1 Å². The number of likely N-dealkylation sites (N-methyl/N-ethyl adjacent to an activating group) is 1. The van der Waals surface area contributed by atoms with Crippen LogP contribution in [-0.2, 0) is 4.79 Å². The summed E-state index contributed by atoms with van der Waals surface area (Å²) in [6.45, 7) is 2.33. The molecule has 3 aromatic rings. The Kier molecular flexibility index (Phi) is 8.23. The molecule has 1 aromatic heterocycles. The summed E-state index contributed by atoms with van der Waals surface area (Å²) in [5, 5.41) is 1.21. The summed E-state index contributed by atoms with van der Waals surface area (Å²) in [7, 11) is 1.67. The number of carbonyl (C=O) groups excluding carboxylic acids is 2. The van der Waals surface area contributed by atoms with Gasteiger partial charge in [-0.2, -0.15) is 0 Å². The van der Waals surface area contributed by atoms with Crippen LogP contribution in [0.3, 0.4) is 0 Å². The number of halogens is 3. The monoisotopic (exact) mass is 570 g/mol. The number of anilines is 1. The highest BCUT2D eigenvalue weighted by Crippen LogP contribution is 2.34. The Labute approximate surface area is 237 Å². The summed E-state index contributed by atoms with van der Waals surface area (Å²) < 4.78 is 18.8. The lowest BCUT2D eigenvalue weighted by molar-refractivity contribution is -0.135. The van der Waals surface area contributed by atoms with Gasteiger partial charge >= 0.3 is 6.09 Å². The third kappa shape index (κ3) is 6.28. The predicted molar refractivity (Wildman–Crippen MR) is 149 cm³/mol. The van der Waals surface area contributed by atoms with E-state index in [-0.39, 0.29) is 29.5 Å². The van der Waals surface area contributed by atoms with E-state index in [1.807, 2.05) is 41.3 Å². The molecule has 2 fully saturated rings. The fourth-order valence-corrected chi connectivity index (χ4v) is 5.61. The van der Waals surface area contributed by atoms with Crippen LogP contribution in [0, 0.1) is 11.7 Å². The van der Waals surface area contributed by atoms with Crippen molar-refractivity contribution in [1.82, 2.24) is 14.8 Å². The molecule has 0 saturated carbocycles. The fraction of sp³-hybridized carbons (Fsp3) is 0.345. The second-order valence-corrected chi connectivity index (χ2v) is 10.9. The van der Waals surface area contributed by atoms with Crippen LogP contribution in [0.5, 0.6) is 5.75 Å². The van der Waals surface area contributed by atoms with Gasteiger partial charge in [0.1, 0.15) is 17.4 Å². The molecular formula is C29H29Cl2FN4O3. The molecule has 2 amide bonds. The highest BCUT2D eigenvalue weighted by molar-refractivity contribution is 6.30. The van der Waals surface area contributed by atoms with Gasteiger partial charge < -0.3 is 19.4 Å². The first-order valence-electron chi connectivity index (χ1n) is 12.9. The second kappa shape index (κ2) is 11.8. The van der Waals surface area contributed by atoms with Crippen molar-refractivity contribution in [3.05, 3.63) is 88.3 Å². The molecule has 0 N–H and O–H groups in total. The Morgan fingerprint density at radius 2 is 1.62 bits per heavy atom. The standard InChI is InChI=1S/C29H29Cl2FN4O3/c1-34(29(38)39-24-9-7-23(32)8-10-24)26-18-36(17-25(26)19-2-4-21(30)5-3-19)28(37)20-12-14-35(15-13-20)27-11-6-22(31)16-33-27/h2-11,16,20,25-26H,12-15,17-18H2,1H3/t25-,26+/m0/s1. The van der Waals surface area contributed by atoms with Crippen molar-refractivity contribution in [1.29, 1.82) is 0 Å². The lowest BCUT2D eigenvalue weighted by atomic mass is 9.93. The number of piperidine rings is 1. The fourth-order valence-electron chi connectivity index (χ4n) is 5.38. The molecule has 0 unspecified atom stereocenters. The van der Waals surface area contributed by atoms with Crippen molar-refractivity contribution >= 4 is 41.0 Å². The Bertz CT molecular complexity index is 1300. The number of nitrogens with zero attached hydrogens (tertiary/aromatic N) is 4. The van der Waals surface area contributed by atoms with Crippen molar-refractivity contribution in [2.75, 3.05) is 38.1 Å². The van der Waals surface area contributed by atoms with Crippen LogP contribution in [0.1, 0.15) is 24.3 Å². The minimum absolute atomic E-state index is 0.0977. The van der Waals surface area contributed by atoms with Crippen molar-refractivity contribution < 1.29 is 18.7 Å². The molecule has 7 nitrogen and oxygen atoms in total. The molecule has 0 bridgehead atoms. The summed E-state index contributed by atoms with van der Waals surface area (Å²) >= 11 is 12.1. The van der Waals surface area contributed by atoms with E-state index in [4.69, 9.17) is 27.9 Å². The second-order valence-electron chi connectivity index (χ2n) is 10.00. The van der Waals surface area contributed by atoms with E-state index >= 15 is 0 Å². The molecule has 2 saturated heterocycles. The van der Waals surface area contributed by atoms with E-state index < -0.39 is 11.9 Å². The van der Waals surface area contributed by atoms with Crippen molar-refractivity contribution in [3.63, 3.8) is 0 Å². The minimum atomic E-state index is -0.566. The lowest BCUT2D eigenvalue weighted by Crippen LogP contribution is -2.45. The Hall–Kier alpha value is -3.36. The predicted octanol–water partition coefficient (Wildman–Crippen LogP) is 5.87. The van der Waals surface area contributed by atoms with E-state index in [1.165, 1.54) is 29.2 Å². The smallest absolute Gasteiger partial charge is 0.410 e. The summed E-state index contributed by atoms with van der Waals surface area (Å²) in [6, 6.07) is 16.2. The molecule has 2 aliphatic heterocycles. The van der Waals surface area contributed by atoms with Gasteiger partial charge in [0.25, 0.3) is 0 Å². The molecule has 2 atom stereocenters. The zero-order chi connectivity index (χ0) is 27.5. The molecule has 204 valence electrons. The van der Waals surface area contributed by atoms with Gasteiger partial charge in [-0.1, -0.05) is 35.3 Å². The molecule has 0 radical (unpaired) electrons. The van der Waals surface area contributed by atoms with Gasteiger partial charge in [-0.3, -0.25) is 4.79 Å². The van der Waals surface area contributed by atoms with Crippen molar-refractivity contribution in [3.8, 4) is 5.75 Å².